The van der Waals surface area contributed by atoms with Crippen molar-refractivity contribution in [1.29, 1.82) is 0 Å². The Morgan fingerprint density at radius 1 is 1.14 bits per heavy atom. The van der Waals surface area contributed by atoms with E-state index < -0.39 is 18.0 Å². The van der Waals surface area contributed by atoms with E-state index >= 15 is 0 Å². The van der Waals surface area contributed by atoms with Crippen LogP contribution in [-0.4, -0.2) is 58.9 Å². The first kappa shape index (κ1) is 24.4. The van der Waals surface area contributed by atoms with Gasteiger partial charge >= 0.3 is 6.03 Å². The number of aliphatic hydroxyl groups excluding tert-OH is 1. The zero-order valence-electron chi connectivity index (χ0n) is 20.9. The quantitative estimate of drug-likeness (QED) is 0.546. The number of methoxy groups -OCH3 is 1. The summed E-state index contributed by atoms with van der Waals surface area (Å²) in [5.74, 6) is 0.242. The minimum atomic E-state index is -0.799. The maximum Gasteiger partial charge on any atom is 0.318 e. The summed E-state index contributed by atoms with van der Waals surface area (Å²) in [5.41, 5.74) is 1.87. The Labute approximate surface area is 210 Å². The normalized spacial score (nSPS) is 24.4. The second-order valence-electron chi connectivity index (χ2n) is 10.4. The summed E-state index contributed by atoms with van der Waals surface area (Å²) in [6, 6.07) is 9.21. The molecule has 9 nitrogen and oxygen atoms in total. The molecule has 192 valence electrons. The third-order valence-corrected chi connectivity index (χ3v) is 7.65. The van der Waals surface area contributed by atoms with E-state index in [1.807, 2.05) is 44.2 Å². The lowest BCUT2D eigenvalue weighted by Gasteiger charge is -2.31. The van der Waals surface area contributed by atoms with Gasteiger partial charge in [0.05, 0.1) is 13.2 Å². The van der Waals surface area contributed by atoms with Crippen LogP contribution in [0.5, 0.6) is 5.75 Å². The first-order chi connectivity index (χ1) is 17.3. The number of benzene rings is 1. The number of carbonyl (C=O) groups excluding carboxylic acids is 2. The number of nitrogens with one attached hydrogen (secondary N) is 2. The number of aliphatic hydroxyl groups is 1. The maximum atomic E-state index is 13.6. The summed E-state index contributed by atoms with van der Waals surface area (Å²) in [4.78, 5) is 41.9. The van der Waals surface area contributed by atoms with Crippen LogP contribution in [0, 0.1) is 17.8 Å². The minimum absolute atomic E-state index is 0.125. The molecule has 2 fully saturated rings. The summed E-state index contributed by atoms with van der Waals surface area (Å²) in [5, 5.41) is 16.3. The second kappa shape index (κ2) is 9.61. The summed E-state index contributed by atoms with van der Waals surface area (Å²) >= 11 is 0. The van der Waals surface area contributed by atoms with Gasteiger partial charge in [0.1, 0.15) is 11.8 Å². The van der Waals surface area contributed by atoms with Crippen molar-refractivity contribution in [2.45, 2.75) is 51.4 Å². The number of hydrogen-bond acceptors (Lipinski definition) is 5. The number of ether oxygens (including phenoxy) is 1. The third kappa shape index (κ3) is 4.25. The van der Waals surface area contributed by atoms with E-state index in [2.05, 4.69) is 10.6 Å². The highest BCUT2D eigenvalue weighted by molar-refractivity contribution is 5.89. The van der Waals surface area contributed by atoms with Crippen LogP contribution < -0.4 is 20.9 Å². The van der Waals surface area contributed by atoms with Crippen LogP contribution >= 0.6 is 0 Å². The molecule has 4 atom stereocenters. The lowest BCUT2D eigenvalue weighted by molar-refractivity contribution is -0.126. The van der Waals surface area contributed by atoms with E-state index in [0.717, 1.165) is 18.4 Å². The Bertz CT molecular complexity index is 1200. The molecule has 0 spiro atoms. The van der Waals surface area contributed by atoms with Gasteiger partial charge in [0.25, 0.3) is 5.56 Å². The lowest BCUT2D eigenvalue weighted by atomic mass is 9.88. The molecular formula is C27H34N4O5. The van der Waals surface area contributed by atoms with Crippen molar-refractivity contribution >= 4 is 11.9 Å². The van der Waals surface area contributed by atoms with Crippen LogP contribution in [0.25, 0.3) is 11.1 Å². The van der Waals surface area contributed by atoms with Crippen molar-refractivity contribution < 1.29 is 19.4 Å². The van der Waals surface area contributed by atoms with Gasteiger partial charge in [-0.3, -0.25) is 9.59 Å². The van der Waals surface area contributed by atoms with Crippen LogP contribution in [0.2, 0.25) is 0 Å². The summed E-state index contributed by atoms with van der Waals surface area (Å²) in [6.45, 7) is 4.41. The molecule has 0 radical (unpaired) electrons. The zero-order chi connectivity index (χ0) is 25.6. The molecule has 1 aliphatic carbocycles. The second-order valence-corrected chi connectivity index (χ2v) is 10.4. The van der Waals surface area contributed by atoms with Gasteiger partial charge in [0, 0.05) is 48.8 Å². The van der Waals surface area contributed by atoms with E-state index in [9.17, 15) is 19.5 Å². The number of fused-ring (bicyclic) bond motifs is 3. The van der Waals surface area contributed by atoms with Crippen molar-refractivity contribution in [3.63, 3.8) is 0 Å². The summed E-state index contributed by atoms with van der Waals surface area (Å²) in [7, 11) is 1.59. The Morgan fingerprint density at radius 2 is 1.86 bits per heavy atom. The predicted octanol–water partition coefficient (Wildman–Crippen LogP) is 2.13. The zero-order valence-corrected chi connectivity index (χ0v) is 20.9. The van der Waals surface area contributed by atoms with Gasteiger partial charge in [-0.2, -0.15) is 0 Å². The van der Waals surface area contributed by atoms with Gasteiger partial charge in [-0.1, -0.05) is 12.1 Å². The number of likely N-dealkylation sites (tertiary alicyclic amines) is 1. The molecule has 2 aromatic rings. The standard InChI is InChI=1S/C27H34N4O5/c1-15(2)29-27(35)31-23-20(21(14-32)24(31)25(33)28-12-16-4-5-16)13-30-22(23)11-10-19(26(30)34)17-6-8-18(36-3)9-7-17/h6-11,15-16,20-21,23-24,32H,4-5,12-14H2,1-3H3,(H,28,33)(H,29,35)/t20-,21-,23+,24-/m1/s1. The highest BCUT2D eigenvalue weighted by Gasteiger charge is 2.57. The van der Waals surface area contributed by atoms with Gasteiger partial charge in [0.15, 0.2) is 0 Å². The van der Waals surface area contributed by atoms with Crippen molar-refractivity contribution in [2.24, 2.45) is 17.8 Å². The molecule has 1 saturated carbocycles. The van der Waals surface area contributed by atoms with Crippen LogP contribution in [0.3, 0.4) is 0 Å². The van der Waals surface area contributed by atoms with Gasteiger partial charge < -0.3 is 29.9 Å². The Kier molecular flexibility index (Phi) is 6.51. The number of rotatable bonds is 7. The molecule has 3 heterocycles. The van der Waals surface area contributed by atoms with Gasteiger partial charge in [-0.05, 0) is 62.4 Å². The molecule has 1 aromatic heterocycles. The van der Waals surface area contributed by atoms with E-state index in [4.69, 9.17) is 4.74 Å². The maximum absolute atomic E-state index is 13.6. The predicted molar refractivity (Wildman–Crippen MR) is 135 cm³/mol. The molecule has 2 aliphatic heterocycles. The number of pyridine rings is 1. The largest absolute Gasteiger partial charge is 0.497 e. The monoisotopic (exact) mass is 494 g/mol. The Hall–Kier alpha value is -3.33. The van der Waals surface area contributed by atoms with Gasteiger partial charge in [-0.15, -0.1) is 0 Å². The highest BCUT2D eigenvalue weighted by atomic mass is 16.5. The van der Waals surface area contributed by atoms with Crippen molar-refractivity contribution in [3.8, 4) is 16.9 Å². The first-order valence-electron chi connectivity index (χ1n) is 12.7. The fourth-order valence-corrected chi connectivity index (χ4v) is 5.69. The Morgan fingerprint density at radius 3 is 2.47 bits per heavy atom. The fourth-order valence-electron chi connectivity index (χ4n) is 5.69. The third-order valence-electron chi connectivity index (χ3n) is 7.65. The molecule has 1 aromatic carbocycles. The molecule has 3 N–H and O–H groups in total. The van der Waals surface area contributed by atoms with Crippen molar-refractivity contribution in [3.05, 3.63) is 52.4 Å². The first-order valence-corrected chi connectivity index (χ1v) is 12.7. The van der Waals surface area contributed by atoms with E-state index in [1.165, 1.54) is 0 Å². The molecule has 0 bridgehead atoms. The molecule has 5 rings (SSSR count). The summed E-state index contributed by atoms with van der Waals surface area (Å²) < 4.78 is 6.93. The Balaban J connectivity index is 1.52. The number of amides is 3. The van der Waals surface area contributed by atoms with Crippen molar-refractivity contribution in [2.75, 3.05) is 20.3 Å². The molecule has 0 unspecified atom stereocenters. The van der Waals surface area contributed by atoms with E-state index in [1.54, 1.807) is 22.6 Å². The average Bonchev–Trinajstić information content (AvgIpc) is 3.53. The molecule has 3 amide bonds. The highest BCUT2D eigenvalue weighted by Crippen LogP contribution is 2.49. The molecule has 36 heavy (non-hydrogen) atoms. The number of nitrogens with zero attached hydrogens (tertiary/aromatic N) is 2. The average molecular weight is 495 g/mol. The molecule has 3 aliphatic rings. The van der Waals surface area contributed by atoms with Gasteiger partial charge in [-0.25, -0.2) is 4.79 Å². The topological polar surface area (TPSA) is 113 Å². The van der Waals surface area contributed by atoms with Crippen LogP contribution in [0.1, 0.15) is 38.4 Å². The minimum Gasteiger partial charge on any atom is -0.497 e. The van der Waals surface area contributed by atoms with E-state index in [0.29, 0.717) is 36.0 Å². The molecule has 9 heteroatoms. The number of aromatic nitrogens is 1. The molecule has 1 saturated heterocycles. The van der Waals surface area contributed by atoms with Crippen LogP contribution in [0.15, 0.2) is 41.2 Å². The van der Waals surface area contributed by atoms with Crippen LogP contribution in [-0.2, 0) is 11.3 Å². The smallest absolute Gasteiger partial charge is 0.318 e. The SMILES string of the molecule is COc1ccc(-c2ccc3n(c2=O)C[C@@H]2[C@@H](CO)[C@H](C(=O)NCC4CC4)N(C(=O)NC(C)C)[C@H]32)cc1. The number of carbonyl (C=O) groups is 2. The van der Waals surface area contributed by atoms with Crippen molar-refractivity contribution in [1.82, 2.24) is 20.1 Å². The number of hydrogen-bond donors (Lipinski definition) is 3. The number of urea groups is 1. The lowest BCUT2D eigenvalue weighted by Crippen LogP contribution is -2.54. The molecular weight excluding hydrogens is 460 g/mol. The van der Waals surface area contributed by atoms with E-state index in [-0.39, 0.29) is 36.1 Å². The fraction of sp³-hybridized carbons (Fsp3) is 0.519. The summed E-state index contributed by atoms with van der Waals surface area (Å²) in [6.07, 6.45) is 2.20. The van der Waals surface area contributed by atoms with Gasteiger partial charge in [0.2, 0.25) is 5.91 Å². The van der Waals surface area contributed by atoms with Crippen LogP contribution in [0.4, 0.5) is 4.79 Å².